The number of β-amino-alcohol motifs (C(OH)–C–C–N with tert-alkyl or cyclic N) is 1. The van der Waals surface area contributed by atoms with Gasteiger partial charge < -0.3 is 19.5 Å². The van der Waals surface area contributed by atoms with Gasteiger partial charge in [-0.3, -0.25) is 9.59 Å². The fraction of sp³-hybridized carbons (Fsp3) is 0.556. The number of rotatable bonds is 7. The molecule has 6 nitrogen and oxygen atoms in total. The van der Waals surface area contributed by atoms with Crippen molar-refractivity contribution in [3.8, 4) is 5.75 Å². The average molecular weight is 335 g/mol. The van der Waals surface area contributed by atoms with Crippen LogP contribution in [0.25, 0.3) is 0 Å². The van der Waals surface area contributed by atoms with Crippen molar-refractivity contribution < 1.29 is 24.2 Å². The molecule has 1 N–H and O–H groups in total. The van der Waals surface area contributed by atoms with E-state index in [1.807, 2.05) is 20.8 Å². The molecule has 0 aromatic heterocycles. The summed E-state index contributed by atoms with van der Waals surface area (Å²) in [5, 5.41) is 9.96. The zero-order valence-electron chi connectivity index (χ0n) is 14.4. The molecule has 6 heteroatoms. The van der Waals surface area contributed by atoms with E-state index < -0.39 is 6.10 Å². The molecule has 1 saturated heterocycles. The van der Waals surface area contributed by atoms with Gasteiger partial charge in [-0.25, -0.2) is 0 Å². The van der Waals surface area contributed by atoms with Crippen LogP contribution in [0.15, 0.2) is 24.3 Å². The van der Waals surface area contributed by atoms with E-state index in [2.05, 4.69) is 0 Å². The number of hydrogen-bond acceptors (Lipinski definition) is 5. The molecule has 2 atom stereocenters. The molecule has 1 aromatic rings. The van der Waals surface area contributed by atoms with Crippen LogP contribution in [0.4, 0.5) is 0 Å². The minimum Gasteiger partial charge on any atom is -0.484 e. The topological polar surface area (TPSA) is 76.1 Å². The van der Waals surface area contributed by atoms with Gasteiger partial charge in [0.1, 0.15) is 11.9 Å². The van der Waals surface area contributed by atoms with Gasteiger partial charge in [-0.05, 0) is 38.1 Å². The quantitative estimate of drug-likeness (QED) is 0.767. The highest BCUT2D eigenvalue weighted by molar-refractivity contribution is 5.95. The van der Waals surface area contributed by atoms with E-state index in [4.69, 9.17) is 9.47 Å². The van der Waals surface area contributed by atoms with Gasteiger partial charge in [-0.2, -0.15) is 0 Å². The Bertz CT molecular complexity index is 569. The molecule has 1 aliphatic heterocycles. The number of aliphatic hydroxyl groups is 1. The van der Waals surface area contributed by atoms with Crippen LogP contribution in [-0.2, 0) is 9.53 Å². The van der Waals surface area contributed by atoms with E-state index in [0.29, 0.717) is 24.3 Å². The maximum atomic E-state index is 12.2. The van der Waals surface area contributed by atoms with Gasteiger partial charge >= 0.3 is 0 Å². The third-order valence-corrected chi connectivity index (χ3v) is 3.90. The van der Waals surface area contributed by atoms with Crippen LogP contribution < -0.4 is 4.74 Å². The first-order valence-corrected chi connectivity index (χ1v) is 8.28. The lowest BCUT2D eigenvalue weighted by atomic mass is 10.1. The molecule has 1 amide bonds. The Morgan fingerprint density at radius 3 is 2.50 bits per heavy atom. The third kappa shape index (κ3) is 4.79. The summed E-state index contributed by atoms with van der Waals surface area (Å²) in [4.78, 5) is 25.3. The molecule has 1 aromatic carbocycles. The van der Waals surface area contributed by atoms with Crippen molar-refractivity contribution >= 4 is 11.7 Å². The van der Waals surface area contributed by atoms with Gasteiger partial charge in [0.25, 0.3) is 5.91 Å². The Hall–Kier alpha value is -1.92. The highest BCUT2D eigenvalue weighted by Gasteiger charge is 2.35. The van der Waals surface area contributed by atoms with Gasteiger partial charge in [-0.1, -0.05) is 6.92 Å². The first kappa shape index (κ1) is 18.4. The summed E-state index contributed by atoms with van der Waals surface area (Å²) in [5.74, 6) is 0.406. The fourth-order valence-electron chi connectivity index (χ4n) is 2.62. The first-order chi connectivity index (χ1) is 11.4. The molecule has 0 radical (unpaired) electrons. The molecular weight excluding hydrogens is 310 g/mol. The minimum absolute atomic E-state index is 0.000276. The summed E-state index contributed by atoms with van der Waals surface area (Å²) in [6.45, 7) is 6.11. The van der Waals surface area contributed by atoms with Crippen LogP contribution >= 0.6 is 0 Å². The number of carbonyl (C=O) groups is 2. The monoisotopic (exact) mass is 335 g/mol. The second-order valence-electron chi connectivity index (χ2n) is 6.18. The second-order valence-corrected chi connectivity index (χ2v) is 6.18. The molecule has 24 heavy (non-hydrogen) atoms. The number of benzene rings is 1. The van der Waals surface area contributed by atoms with E-state index in [1.54, 1.807) is 29.2 Å². The Labute approximate surface area is 142 Å². The van der Waals surface area contributed by atoms with Crippen LogP contribution in [-0.4, -0.2) is 59.7 Å². The fourth-order valence-corrected chi connectivity index (χ4v) is 2.62. The predicted molar refractivity (Wildman–Crippen MR) is 89.2 cm³/mol. The average Bonchev–Trinajstić information content (AvgIpc) is 2.92. The molecule has 0 spiro atoms. The standard InChI is InChI=1S/C18H25NO5/c1-4-15(20)13-5-7-14(8-6-13)23-11-18(22)19-9-16(21)17(10-19)24-12(2)3/h5-8,12,16-17,21H,4,9-11H2,1-3H3/t16-,17-/m1/s1. The maximum absolute atomic E-state index is 12.2. The minimum atomic E-state index is -0.671. The van der Waals surface area contributed by atoms with E-state index in [1.165, 1.54) is 0 Å². The molecule has 1 fully saturated rings. The molecule has 132 valence electrons. The summed E-state index contributed by atoms with van der Waals surface area (Å²) in [5.41, 5.74) is 0.632. The van der Waals surface area contributed by atoms with Gasteiger partial charge in [0, 0.05) is 25.1 Å². The molecule has 1 heterocycles. The second kappa shape index (κ2) is 8.26. The lowest BCUT2D eigenvalue weighted by Crippen LogP contribution is -2.34. The molecule has 0 aliphatic carbocycles. The third-order valence-electron chi connectivity index (χ3n) is 3.90. The van der Waals surface area contributed by atoms with Crippen molar-refractivity contribution in [1.29, 1.82) is 0 Å². The van der Waals surface area contributed by atoms with Crippen molar-refractivity contribution in [1.82, 2.24) is 4.90 Å². The number of amides is 1. The molecule has 2 rings (SSSR count). The SMILES string of the molecule is CCC(=O)c1ccc(OCC(=O)N2C[C@@H](O)[C@H](OC(C)C)C2)cc1. The Kier molecular flexibility index (Phi) is 6.34. The van der Waals surface area contributed by atoms with E-state index in [0.717, 1.165) is 0 Å². The first-order valence-electron chi connectivity index (χ1n) is 8.28. The largest absolute Gasteiger partial charge is 0.484 e. The molecular formula is C18H25NO5. The number of nitrogens with zero attached hydrogens (tertiary/aromatic N) is 1. The van der Waals surface area contributed by atoms with Crippen LogP contribution in [0.1, 0.15) is 37.6 Å². The van der Waals surface area contributed by atoms with Crippen molar-refractivity contribution in [3.05, 3.63) is 29.8 Å². The lowest BCUT2D eigenvalue weighted by Gasteiger charge is -2.18. The van der Waals surface area contributed by atoms with Crippen LogP contribution in [0.2, 0.25) is 0 Å². The van der Waals surface area contributed by atoms with E-state index in [-0.39, 0.29) is 37.0 Å². The summed E-state index contributed by atoms with van der Waals surface area (Å²) in [7, 11) is 0. The van der Waals surface area contributed by atoms with E-state index in [9.17, 15) is 14.7 Å². The highest BCUT2D eigenvalue weighted by atomic mass is 16.5. The number of ketones is 1. The maximum Gasteiger partial charge on any atom is 0.260 e. The summed E-state index contributed by atoms with van der Waals surface area (Å²) >= 11 is 0. The van der Waals surface area contributed by atoms with Gasteiger partial charge in [0.2, 0.25) is 0 Å². The zero-order valence-corrected chi connectivity index (χ0v) is 14.4. The number of Topliss-reactive ketones (excluding diaryl/α,β-unsaturated/α-hetero) is 1. The molecule has 0 saturated carbocycles. The zero-order chi connectivity index (χ0) is 17.7. The number of aliphatic hydroxyl groups excluding tert-OH is 1. The number of carbonyl (C=O) groups excluding carboxylic acids is 2. The summed E-state index contributed by atoms with van der Waals surface area (Å²) < 4.78 is 11.1. The molecule has 0 unspecified atom stereocenters. The normalized spacial score (nSPS) is 20.5. The smallest absolute Gasteiger partial charge is 0.260 e. The van der Waals surface area contributed by atoms with Crippen molar-refractivity contribution in [3.63, 3.8) is 0 Å². The predicted octanol–water partition coefficient (Wildman–Crippen LogP) is 1.65. The summed E-state index contributed by atoms with van der Waals surface area (Å²) in [6, 6.07) is 6.74. The van der Waals surface area contributed by atoms with Crippen LogP contribution in [0, 0.1) is 0 Å². The Balaban J connectivity index is 1.84. The highest BCUT2D eigenvalue weighted by Crippen LogP contribution is 2.17. The number of hydrogen-bond donors (Lipinski definition) is 1. The number of ether oxygens (including phenoxy) is 2. The van der Waals surface area contributed by atoms with Gasteiger partial charge in [-0.15, -0.1) is 0 Å². The van der Waals surface area contributed by atoms with Gasteiger partial charge in [0.05, 0.1) is 12.2 Å². The Morgan fingerprint density at radius 2 is 1.92 bits per heavy atom. The van der Waals surface area contributed by atoms with E-state index >= 15 is 0 Å². The van der Waals surface area contributed by atoms with Crippen molar-refractivity contribution in [2.24, 2.45) is 0 Å². The van der Waals surface area contributed by atoms with Crippen molar-refractivity contribution in [2.75, 3.05) is 19.7 Å². The van der Waals surface area contributed by atoms with Crippen LogP contribution in [0.5, 0.6) is 5.75 Å². The number of likely N-dealkylation sites (tertiary alicyclic amines) is 1. The van der Waals surface area contributed by atoms with Crippen LogP contribution in [0.3, 0.4) is 0 Å². The Morgan fingerprint density at radius 1 is 1.25 bits per heavy atom. The lowest BCUT2D eigenvalue weighted by molar-refractivity contribution is -0.133. The molecule has 1 aliphatic rings. The summed E-state index contributed by atoms with van der Waals surface area (Å²) in [6.07, 6.45) is -0.570. The van der Waals surface area contributed by atoms with Crippen molar-refractivity contribution in [2.45, 2.75) is 45.5 Å². The molecule has 0 bridgehead atoms. The van der Waals surface area contributed by atoms with Gasteiger partial charge in [0.15, 0.2) is 12.4 Å².